The summed E-state index contributed by atoms with van der Waals surface area (Å²) in [5.74, 6) is 0.741. The van der Waals surface area contributed by atoms with Gasteiger partial charge < -0.3 is 15.2 Å². The molecule has 0 atom stereocenters. The number of amides is 1. The highest BCUT2D eigenvalue weighted by Crippen LogP contribution is 2.43. The minimum absolute atomic E-state index is 0.0218. The lowest BCUT2D eigenvalue weighted by Gasteiger charge is -2.12. The number of halogens is 1. The molecule has 0 bridgehead atoms. The van der Waals surface area contributed by atoms with Crippen molar-refractivity contribution in [3.63, 3.8) is 0 Å². The van der Waals surface area contributed by atoms with Gasteiger partial charge >= 0.3 is 5.97 Å². The summed E-state index contributed by atoms with van der Waals surface area (Å²) < 4.78 is 5.95. The van der Waals surface area contributed by atoms with Crippen molar-refractivity contribution >= 4 is 23.5 Å². The number of hydrogen-bond donors (Lipinski definition) is 2. The van der Waals surface area contributed by atoms with Crippen LogP contribution >= 0.6 is 11.6 Å². The molecule has 1 aliphatic rings. The maximum Gasteiger partial charge on any atom is 0.307 e. The monoisotopic (exact) mass is 449 g/mol. The smallest absolute Gasteiger partial charge is 0.307 e. The number of carboxylic acids is 1. The number of aliphatic carboxylic acids is 1. The van der Waals surface area contributed by atoms with E-state index in [-0.39, 0.29) is 12.3 Å². The van der Waals surface area contributed by atoms with E-state index in [9.17, 15) is 9.59 Å². The molecule has 4 rings (SSSR count). The fourth-order valence-electron chi connectivity index (χ4n) is 3.62. The molecule has 0 unspecified atom stereocenters. The van der Waals surface area contributed by atoms with E-state index >= 15 is 0 Å². The van der Waals surface area contributed by atoms with Crippen molar-refractivity contribution in [2.75, 3.05) is 6.54 Å². The highest BCUT2D eigenvalue weighted by Gasteiger charge is 2.27. The van der Waals surface area contributed by atoms with Crippen molar-refractivity contribution in [2.45, 2.75) is 31.6 Å². The summed E-state index contributed by atoms with van der Waals surface area (Å²) in [5, 5.41) is 12.7. The molecule has 3 aromatic carbocycles. The van der Waals surface area contributed by atoms with Gasteiger partial charge in [0.05, 0.1) is 6.42 Å². The van der Waals surface area contributed by atoms with E-state index in [4.69, 9.17) is 21.4 Å². The molecule has 1 aliphatic carbocycles. The fraction of sp³-hybridized carbons (Fsp3) is 0.231. The Balaban J connectivity index is 1.34. The Hall–Kier alpha value is -3.31. The molecule has 2 N–H and O–H groups in total. The number of benzene rings is 3. The van der Waals surface area contributed by atoms with Crippen molar-refractivity contribution in [3.8, 4) is 11.5 Å². The van der Waals surface area contributed by atoms with Gasteiger partial charge in [-0.1, -0.05) is 29.8 Å². The first-order chi connectivity index (χ1) is 15.5. The lowest BCUT2D eigenvalue weighted by atomic mass is 10.0. The fourth-order valence-corrected chi connectivity index (χ4v) is 3.74. The predicted octanol–water partition coefficient (Wildman–Crippen LogP) is 5.61. The number of rotatable bonds is 9. The Morgan fingerprint density at radius 1 is 0.969 bits per heavy atom. The quantitative estimate of drug-likeness (QED) is 0.445. The average molecular weight is 450 g/mol. The van der Waals surface area contributed by atoms with Gasteiger partial charge in [0.25, 0.3) is 5.91 Å². The van der Waals surface area contributed by atoms with Gasteiger partial charge in [-0.05, 0) is 90.4 Å². The molecule has 0 saturated heterocycles. The van der Waals surface area contributed by atoms with E-state index in [1.54, 1.807) is 30.3 Å². The Labute approximate surface area is 192 Å². The molecule has 1 fully saturated rings. The second kappa shape index (κ2) is 9.88. The Bertz CT molecular complexity index is 1110. The zero-order valence-electron chi connectivity index (χ0n) is 17.5. The average Bonchev–Trinajstić information content (AvgIpc) is 3.62. The Kier molecular flexibility index (Phi) is 6.76. The third kappa shape index (κ3) is 5.89. The van der Waals surface area contributed by atoms with E-state index in [1.165, 1.54) is 0 Å². The predicted molar refractivity (Wildman–Crippen MR) is 124 cm³/mol. The molecule has 0 aromatic heterocycles. The highest BCUT2D eigenvalue weighted by atomic mass is 35.5. The SMILES string of the molecule is O=C(O)Cc1ccc(Oc2ccc(C(=O)NCCc3ccc(Cl)cc3)cc2)cc1C1CC1. The van der Waals surface area contributed by atoms with Crippen LogP contribution in [0.3, 0.4) is 0 Å². The van der Waals surface area contributed by atoms with Crippen LogP contribution in [0.1, 0.15) is 45.8 Å². The first-order valence-electron chi connectivity index (χ1n) is 10.6. The molecule has 164 valence electrons. The largest absolute Gasteiger partial charge is 0.481 e. The van der Waals surface area contributed by atoms with Gasteiger partial charge in [-0.2, -0.15) is 0 Å². The molecule has 0 heterocycles. The van der Waals surface area contributed by atoms with Crippen molar-refractivity contribution in [1.29, 1.82) is 0 Å². The molecule has 0 spiro atoms. The summed E-state index contributed by atoms with van der Waals surface area (Å²) in [6, 6.07) is 20.1. The van der Waals surface area contributed by atoms with Crippen LogP contribution < -0.4 is 10.1 Å². The van der Waals surface area contributed by atoms with Crippen LogP contribution in [-0.4, -0.2) is 23.5 Å². The summed E-state index contributed by atoms with van der Waals surface area (Å²) in [6.07, 6.45) is 2.91. The first kappa shape index (κ1) is 21.9. The molecule has 32 heavy (non-hydrogen) atoms. The van der Waals surface area contributed by atoms with Crippen molar-refractivity contribution in [1.82, 2.24) is 5.32 Å². The summed E-state index contributed by atoms with van der Waals surface area (Å²) >= 11 is 5.89. The van der Waals surface area contributed by atoms with Gasteiger partial charge in [0.1, 0.15) is 11.5 Å². The van der Waals surface area contributed by atoms with Crippen LogP contribution in [0.15, 0.2) is 66.7 Å². The minimum Gasteiger partial charge on any atom is -0.481 e. The number of carbonyl (C=O) groups is 2. The summed E-state index contributed by atoms with van der Waals surface area (Å²) in [7, 11) is 0. The van der Waals surface area contributed by atoms with Gasteiger partial charge in [0.2, 0.25) is 0 Å². The number of ether oxygens (including phenoxy) is 1. The van der Waals surface area contributed by atoms with Crippen molar-refractivity contribution in [2.24, 2.45) is 0 Å². The molecular weight excluding hydrogens is 426 g/mol. The summed E-state index contributed by atoms with van der Waals surface area (Å²) in [5.41, 5.74) is 3.57. The number of nitrogens with one attached hydrogen (secondary N) is 1. The van der Waals surface area contributed by atoms with Crippen LogP contribution in [0.2, 0.25) is 5.02 Å². The number of hydrogen-bond acceptors (Lipinski definition) is 3. The van der Waals surface area contributed by atoms with E-state index in [0.717, 1.165) is 36.0 Å². The summed E-state index contributed by atoms with van der Waals surface area (Å²) in [4.78, 5) is 23.5. The summed E-state index contributed by atoms with van der Waals surface area (Å²) in [6.45, 7) is 0.533. The third-order valence-electron chi connectivity index (χ3n) is 5.44. The van der Waals surface area contributed by atoms with Crippen molar-refractivity contribution < 1.29 is 19.4 Å². The molecule has 0 aliphatic heterocycles. The lowest BCUT2D eigenvalue weighted by molar-refractivity contribution is -0.136. The standard InChI is InChI=1S/C26H24ClNO4/c27-21-8-1-17(2-9-21)13-14-28-26(31)19-5-10-22(11-6-19)32-23-12-7-20(15-25(29)30)24(16-23)18-3-4-18/h1-2,5-12,16,18H,3-4,13-15H2,(H,28,31)(H,29,30). The van der Waals surface area contributed by atoms with E-state index in [0.29, 0.717) is 34.5 Å². The topological polar surface area (TPSA) is 75.6 Å². The second-order valence-corrected chi connectivity index (χ2v) is 8.40. The van der Waals surface area contributed by atoms with Crippen LogP contribution in [0.4, 0.5) is 0 Å². The van der Waals surface area contributed by atoms with Crippen LogP contribution in [0.25, 0.3) is 0 Å². The molecule has 1 saturated carbocycles. The van der Waals surface area contributed by atoms with Gasteiger partial charge in [-0.3, -0.25) is 9.59 Å². The first-order valence-corrected chi connectivity index (χ1v) is 11.0. The Morgan fingerprint density at radius 2 is 1.66 bits per heavy atom. The van der Waals surface area contributed by atoms with Crippen LogP contribution in [0.5, 0.6) is 11.5 Å². The molecule has 6 heteroatoms. The van der Waals surface area contributed by atoms with Gasteiger partial charge in [0.15, 0.2) is 0 Å². The van der Waals surface area contributed by atoms with E-state index in [2.05, 4.69) is 5.32 Å². The molecule has 0 radical (unpaired) electrons. The maximum atomic E-state index is 12.4. The van der Waals surface area contributed by atoms with Crippen molar-refractivity contribution in [3.05, 3.63) is 94.0 Å². The lowest BCUT2D eigenvalue weighted by Crippen LogP contribution is -2.25. The molecule has 1 amide bonds. The number of carboxylic acid groups (broad SMARTS) is 1. The van der Waals surface area contributed by atoms with E-state index < -0.39 is 5.97 Å². The van der Waals surface area contributed by atoms with Gasteiger partial charge in [-0.15, -0.1) is 0 Å². The zero-order chi connectivity index (χ0) is 22.5. The molecule has 3 aromatic rings. The van der Waals surface area contributed by atoms with Gasteiger partial charge in [0, 0.05) is 17.1 Å². The third-order valence-corrected chi connectivity index (χ3v) is 5.69. The molecule has 5 nitrogen and oxygen atoms in total. The normalized spacial score (nSPS) is 12.9. The molecular formula is C26H24ClNO4. The van der Waals surface area contributed by atoms with E-state index in [1.807, 2.05) is 36.4 Å². The second-order valence-electron chi connectivity index (χ2n) is 7.96. The van der Waals surface area contributed by atoms with Crippen LogP contribution in [0, 0.1) is 0 Å². The zero-order valence-corrected chi connectivity index (χ0v) is 18.3. The highest BCUT2D eigenvalue weighted by molar-refractivity contribution is 6.30. The maximum absolute atomic E-state index is 12.4. The Morgan fingerprint density at radius 3 is 2.31 bits per heavy atom. The van der Waals surface area contributed by atoms with Gasteiger partial charge in [-0.25, -0.2) is 0 Å². The van der Waals surface area contributed by atoms with Crippen LogP contribution in [-0.2, 0) is 17.6 Å². The number of carbonyl (C=O) groups excluding carboxylic acids is 1. The minimum atomic E-state index is -0.831.